The summed E-state index contributed by atoms with van der Waals surface area (Å²) in [5.74, 6) is -0.741. The van der Waals surface area contributed by atoms with Gasteiger partial charge in [0.25, 0.3) is 0 Å². The predicted molar refractivity (Wildman–Crippen MR) is 74.4 cm³/mol. The Morgan fingerprint density at radius 3 is 2.57 bits per heavy atom. The molecule has 0 atom stereocenters. The van der Waals surface area contributed by atoms with Crippen molar-refractivity contribution < 1.29 is 29.1 Å². The van der Waals surface area contributed by atoms with Gasteiger partial charge in [0.1, 0.15) is 0 Å². The summed E-state index contributed by atoms with van der Waals surface area (Å²) in [4.78, 5) is 31.4. The first-order valence-corrected chi connectivity index (χ1v) is 6.84. The number of hydrogen-bond donors (Lipinski definition) is 0. The van der Waals surface area contributed by atoms with Crippen LogP contribution in [0, 0.1) is 13.8 Å². The topological polar surface area (TPSA) is 71.1 Å². The summed E-state index contributed by atoms with van der Waals surface area (Å²) >= 11 is 0. The minimum Gasteiger partial charge on any atom is -0.432 e. The van der Waals surface area contributed by atoms with E-state index in [2.05, 4.69) is 14.8 Å². The lowest BCUT2D eigenvalue weighted by atomic mass is 10.0. The molecule has 116 valence electrons. The fraction of sp³-hybridized carbons (Fsp3) is 0.467. The van der Waals surface area contributed by atoms with E-state index in [1.54, 1.807) is 19.1 Å². The summed E-state index contributed by atoms with van der Waals surface area (Å²) in [7, 11) is 0. The van der Waals surface area contributed by atoms with Crippen molar-refractivity contribution in [2.75, 3.05) is 6.61 Å². The van der Waals surface area contributed by atoms with E-state index in [1.165, 1.54) is 0 Å². The molecule has 6 heteroatoms. The highest BCUT2D eigenvalue weighted by Gasteiger charge is 2.14. The average molecular weight is 296 g/mol. The van der Waals surface area contributed by atoms with Crippen molar-refractivity contribution in [2.45, 2.75) is 40.0 Å². The van der Waals surface area contributed by atoms with Crippen LogP contribution in [0.15, 0.2) is 18.2 Å². The maximum atomic E-state index is 11.7. The molecule has 0 aromatic heterocycles. The molecule has 0 aliphatic heterocycles. The van der Waals surface area contributed by atoms with Crippen LogP contribution in [0.25, 0.3) is 0 Å². The third kappa shape index (κ3) is 5.83. The Kier molecular flexibility index (Phi) is 7.25. The van der Waals surface area contributed by atoms with Gasteiger partial charge in [-0.25, -0.2) is 14.5 Å². The fourth-order valence-corrected chi connectivity index (χ4v) is 1.62. The number of carbonyl (C=O) groups is 2. The molecule has 0 spiro atoms. The number of aryl methyl sites for hydroxylation is 1. The SMILES string of the molecule is CCCCCOC(=O)OOOC(=O)c1cccc(C)c1C. The Morgan fingerprint density at radius 1 is 1.10 bits per heavy atom. The molecule has 1 rings (SSSR count). The van der Waals surface area contributed by atoms with Crippen LogP contribution >= 0.6 is 0 Å². The summed E-state index contributed by atoms with van der Waals surface area (Å²) in [5, 5.41) is 4.14. The second-order valence-corrected chi connectivity index (χ2v) is 4.58. The van der Waals surface area contributed by atoms with Crippen LogP contribution < -0.4 is 0 Å². The number of carbonyl (C=O) groups excluding carboxylic acids is 2. The van der Waals surface area contributed by atoms with Crippen LogP contribution in [0.1, 0.15) is 47.7 Å². The number of unbranched alkanes of at least 4 members (excludes halogenated alkanes) is 2. The molecular formula is C15H20O6. The first-order valence-electron chi connectivity index (χ1n) is 6.84. The van der Waals surface area contributed by atoms with Crippen LogP contribution in [0.4, 0.5) is 4.79 Å². The van der Waals surface area contributed by atoms with Crippen molar-refractivity contribution in [3.63, 3.8) is 0 Å². The van der Waals surface area contributed by atoms with E-state index >= 15 is 0 Å². The summed E-state index contributed by atoms with van der Waals surface area (Å²) in [6, 6.07) is 5.19. The molecule has 1 aromatic rings. The Morgan fingerprint density at radius 2 is 1.86 bits per heavy atom. The minimum atomic E-state index is -1.04. The highest BCUT2D eigenvalue weighted by atomic mass is 17.5. The maximum Gasteiger partial charge on any atom is 0.543 e. The van der Waals surface area contributed by atoms with Crippen molar-refractivity contribution in [2.24, 2.45) is 0 Å². The minimum absolute atomic E-state index is 0.237. The molecule has 0 amide bonds. The highest BCUT2D eigenvalue weighted by molar-refractivity contribution is 5.90. The van der Waals surface area contributed by atoms with Gasteiger partial charge >= 0.3 is 12.1 Å². The first-order chi connectivity index (χ1) is 10.1. The summed E-state index contributed by atoms with van der Waals surface area (Å²) < 4.78 is 4.70. The molecule has 0 N–H and O–H groups in total. The molecule has 21 heavy (non-hydrogen) atoms. The smallest absolute Gasteiger partial charge is 0.432 e. The first kappa shape index (κ1) is 17.0. The Bertz CT molecular complexity index is 483. The predicted octanol–water partition coefficient (Wildman–Crippen LogP) is 3.65. The van der Waals surface area contributed by atoms with Gasteiger partial charge in [-0.3, -0.25) is 4.89 Å². The average Bonchev–Trinajstić information content (AvgIpc) is 2.46. The quantitative estimate of drug-likeness (QED) is 0.331. The Balaban J connectivity index is 2.30. The van der Waals surface area contributed by atoms with Gasteiger partial charge in [0.2, 0.25) is 0 Å². The lowest BCUT2D eigenvalue weighted by Gasteiger charge is -2.06. The van der Waals surface area contributed by atoms with Crippen molar-refractivity contribution in [3.8, 4) is 0 Å². The van der Waals surface area contributed by atoms with Crippen molar-refractivity contribution >= 4 is 12.1 Å². The molecule has 0 bridgehead atoms. The molecule has 1 aromatic carbocycles. The van der Waals surface area contributed by atoms with Crippen LogP contribution in [-0.2, 0) is 19.6 Å². The monoisotopic (exact) mass is 296 g/mol. The number of rotatable bonds is 7. The molecule has 0 unspecified atom stereocenters. The van der Waals surface area contributed by atoms with Gasteiger partial charge in [-0.1, -0.05) is 31.9 Å². The van der Waals surface area contributed by atoms with Gasteiger partial charge in [0.05, 0.1) is 17.2 Å². The zero-order chi connectivity index (χ0) is 15.7. The third-order valence-corrected chi connectivity index (χ3v) is 3.00. The summed E-state index contributed by atoms with van der Waals surface area (Å²) in [6.07, 6.45) is 1.67. The van der Waals surface area contributed by atoms with E-state index in [-0.39, 0.29) is 6.61 Å². The van der Waals surface area contributed by atoms with Gasteiger partial charge in [-0.2, -0.15) is 0 Å². The normalized spacial score (nSPS) is 10.0. The zero-order valence-corrected chi connectivity index (χ0v) is 12.5. The van der Waals surface area contributed by atoms with E-state index in [0.717, 1.165) is 30.4 Å². The van der Waals surface area contributed by atoms with Crippen LogP contribution in [0.2, 0.25) is 0 Å². The number of ether oxygens (including phenoxy) is 1. The lowest BCUT2D eigenvalue weighted by molar-refractivity contribution is -0.452. The van der Waals surface area contributed by atoms with Crippen LogP contribution in [0.3, 0.4) is 0 Å². The van der Waals surface area contributed by atoms with Crippen LogP contribution in [-0.4, -0.2) is 18.7 Å². The molecule has 0 fully saturated rings. The van der Waals surface area contributed by atoms with E-state index in [9.17, 15) is 9.59 Å². The van der Waals surface area contributed by atoms with E-state index < -0.39 is 12.1 Å². The Labute approximate surface area is 123 Å². The van der Waals surface area contributed by atoms with Gasteiger partial charge in [-0.05, 0) is 37.5 Å². The Hall–Kier alpha value is -2.08. The number of benzene rings is 1. The van der Waals surface area contributed by atoms with E-state index in [1.807, 2.05) is 19.9 Å². The second-order valence-electron chi connectivity index (χ2n) is 4.58. The molecule has 0 radical (unpaired) electrons. The molecule has 0 aliphatic carbocycles. The second kappa shape index (κ2) is 8.97. The largest absolute Gasteiger partial charge is 0.543 e. The van der Waals surface area contributed by atoms with Gasteiger partial charge < -0.3 is 4.74 Å². The summed E-state index contributed by atoms with van der Waals surface area (Å²) in [6.45, 7) is 5.93. The maximum absolute atomic E-state index is 11.7. The summed E-state index contributed by atoms with van der Waals surface area (Å²) in [5.41, 5.74) is 2.06. The molecule has 6 nitrogen and oxygen atoms in total. The zero-order valence-electron chi connectivity index (χ0n) is 12.5. The molecule has 0 saturated carbocycles. The molecule has 0 heterocycles. The van der Waals surface area contributed by atoms with Crippen molar-refractivity contribution in [1.82, 2.24) is 0 Å². The van der Waals surface area contributed by atoms with E-state index in [4.69, 9.17) is 4.74 Å². The highest BCUT2D eigenvalue weighted by Crippen LogP contribution is 2.13. The van der Waals surface area contributed by atoms with Gasteiger partial charge in [-0.15, -0.1) is 0 Å². The standard InChI is InChI=1S/C15H20O6/c1-4-5-6-10-18-15(17)20-21-19-14(16)13-9-7-8-11(2)12(13)3/h7-9H,4-6,10H2,1-3H3. The van der Waals surface area contributed by atoms with Gasteiger partial charge in [0.15, 0.2) is 0 Å². The fourth-order valence-electron chi connectivity index (χ4n) is 1.62. The van der Waals surface area contributed by atoms with Crippen molar-refractivity contribution in [1.29, 1.82) is 0 Å². The van der Waals surface area contributed by atoms with Crippen molar-refractivity contribution in [3.05, 3.63) is 34.9 Å². The van der Waals surface area contributed by atoms with Crippen LogP contribution in [0.5, 0.6) is 0 Å². The number of hydrogen-bond acceptors (Lipinski definition) is 6. The molecule has 0 saturated heterocycles. The molecular weight excluding hydrogens is 276 g/mol. The molecule has 0 aliphatic rings. The van der Waals surface area contributed by atoms with Gasteiger partial charge in [0, 0.05) is 0 Å². The third-order valence-electron chi connectivity index (χ3n) is 3.00. The lowest BCUT2D eigenvalue weighted by Crippen LogP contribution is -2.13. The van der Waals surface area contributed by atoms with E-state index in [0.29, 0.717) is 5.56 Å².